The Balaban J connectivity index is 1.51. The lowest BCUT2D eigenvalue weighted by Crippen LogP contribution is -2.48. The lowest BCUT2D eigenvalue weighted by atomic mass is 9.92. The van der Waals surface area contributed by atoms with Crippen molar-refractivity contribution in [1.82, 2.24) is 15.1 Å². The molecule has 1 unspecified atom stereocenters. The predicted molar refractivity (Wildman–Crippen MR) is 104 cm³/mol. The van der Waals surface area contributed by atoms with Crippen LogP contribution in [0, 0.1) is 23.2 Å². The van der Waals surface area contributed by atoms with Crippen molar-refractivity contribution in [2.75, 3.05) is 11.9 Å². The van der Waals surface area contributed by atoms with Crippen molar-refractivity contribution < 1.29 is 24.0 Å². The average Bonchev–Trinajstić information content (AvgIpc) is 3.11. The fourth-order valence-corrected chi connectivity index (χ4v) is 4.88. The highest BCUT2D eigenvalue weighted by atomic mass is 19.1. The topological polar surface area (TPSA) is 115 Å². The summed E-state index contributed by atoms with van der Waals surface area (Å²) in [5.41, 5.74) is -0.942. The molecule has 2 saturated carbocycles. The fourth-order valence-electron chi connectivity index (χ4n) is 4.88. The molecule has 0 spiro atoms. The Morgan fingerprint density at radius 1 is 1.37 bits per heavy atom. The van der Waals surface area contributed by atoms with Crippen LogP contribution in [0.15, 0.2) is 23.3 Å². The first kappa shape index (κ1) is 20.4. The van der Waals surface area contributed by atoms with E-state index in [-0.39, 0.29) is 37.0 Å². The summed E-state index contributed by atoms with van der Waals surface area (Å²) in [5, 5.41) is 18.1. The van der Waals surface area contributed by atoms with Crippen molar-refractivity contribution in [3.05, 3.63) is 24.1 Å². The molecule has 0 aromatic carbocycles. The van der Waals surface area contributed by atoms with E-state index in [2.05, 4.69) is 15.4 Å². The first-order valence-electron chi connectivity index (χ1n) is 10.1. The summed E-state index contributed by atoms with van der Waals surface area (Å²) in [7, 11) is 0. The first-order chi connectivity index (χ1) is 14.4. The number of anilines is 1. The van der Waals surface area contributed by atoms with Gasteiger partial charge < -0.3 is 5.32 Å². The maximum absolute atomic E-state index is 13.5. The largest absolute Gasteiger partial charge is 0.309 e. The third-order valence-corrected chi connectivity index (χ3v) is 6.40. The van der Waals surface area contributed by atoms with Crippen molar-refractivity contribution in [2.45, 2.75) is 44.6 Å². The molecule has 2 fully saturated rings. The summed E-state index contributed by atoms with van der Waals surface area (Å²) in [6.07, 6.45) is 6.78. The smallest absolute Gasteiger partial charge is 0.251 e. The number of nitrogens with one attached hydrogen (secondary N) is 1. The second-order valence-electron chi connectivity index (χ2n) is 8.25. The summed E-state index contributed by atoms with van der Waals surface area (Å²) in [6.45, 7) is -0.123. The van der Waals surface area contributed by atoms with E-state index < -0.39 is 23.3 Å². The van der Waals surface area contributed by atoms with E-state index in [1.54, 1.807) is 0 Å². The highest BCUT2D eigenvalue weighted by Crippen LogP contribution is 2.61. The third-order valence-electron chi connectivity index (χ3n) is 6.40. The van der Waals surface area contributed by atoms with Crippen LogP contribution >= 0.6 is 0 Å². The lowest BCUT2D eigenvalue weighted by molar-refractivity contribution is -0.160. The zero-order valence-electron chi connectivity index (χ0n) is 16.4. The predicted octanol–water partition coefficient (Wildman–Crippen LogP) is 1.79. The SMILES string of the molecule is O=CN(O)C[C@]1(C(=O)N2N=CC[C@H]2C(=O)Nc2cccc(F)n2)CC1C1CCCC1. The van der Waals surface area contributed by atoms with E-state index in [1.165, 1.54) is 18.3 Å². The van der Waals surface area contributed by atoms with Gasteiger partial charge in [-0.1, -0.05) is 31.7 Å². The number of hydroxylamine groups is 2. The summed E-state index contributed by atoms with van der Waals surface area (Å²) < 4.78 is 13.3. The van der Waals surface area contributed by atoms with Gasteiger partial charge in [0.25, 0.3) is 11.8 Å². The van der Waals surface area contributed by atoms with Crippen molar-refractivity contribution in [2.24, 2.45) is 22.4 Å². The van der Waals surface area contributed by atoms with Gasteiger partial charge in [-0.05, 0) is 30.4 Å². The summed E-state index contributed by atoms with van der Waals surface area (Å²) >= 11 is 0. The van der Waals surface area contributed by atoms with Gasteiger partial charge >= 0.3 is 0 Å². The molecular weight excluding hydrogens is 393 g/mol. The molecular formula is C20H24FN5O4. The molecule has 10 heteroatoms. The van der Waals surface area contributed by atoms with E-state index in [9.17, 15) is 24.0 Å². The molecule has 3 aliphatic rings. The van der Waals surface area contributed by atoms with Crippen molar-refractivity contribution >= 4 is 30.3 Å². The van der Waals surface area contributed by atoms with Crippen molar-refractivity contribution in [3.63, 3.8) is 0 Å². The Morgan fingerprint density at radius 2 is 2.13 bits per heavy atom. The molecule has 1 aliphatic heterocycles. The number of pyridine rings is 1. The Bertz CT molecular complexity index is 875. The van der Waals surface area contributed by atoms with E-state index in [0.717, 1.165) is 36.8 Å². The van der Waals surface area contributed by atoms with Gasteiger partial charge in [0.15, 0.2) is 0 Å². The molecule has 9 nitrogen and oxygen atoms in total. The van der Waals surface area contributed by atoms with Gasteiger partial charge in [0.05, 0.1) is 12.0 Å². The molecule has 160 valence electrons. The Hall–Kier alpha value is -2.88. The Kier molecular flexibility index (Phi) is 5.50. The van der Waals surface area contributed by atoms with E-state index in [0.29, 0.717) is 17.4 Å². The molecule has 1 aromatic rings. The Morgan fingerprint density at radius 3 is 2.83 bits per heavy atom. The van der Waals surface area contributed by atoms with Crippen molar-refractivity contribution in [3.8, 4) is 0 Å². The number of amides is 3. The highest BCUT2D eigenvalue weighted by Gasteiger charge is 2.65. The molecule has 0 saturated heterocycles. The standard InChI is InChI=1S/C20H24FN5O4/c21-16-6-3-7-17(23-16)24-18(28)15-8-9-22-26(15)19(29)20(11-25(30)12-27)10-14(20)13-4-1-2-5-13/h3,6-7,9,12-15,30H,1-2,4-5,8,10-11H2,(H,23,24,28)/t14?,15-,20+/m0/s1. The van der Waals surface area contributed by atoms with Crippen LogP contribution in [-0.4, -0.2) is 57.3 Å². The molecule has 0 radical (unpaired) electrons. The maximum Gasteiger partial charge on any atom is 0.251 e. The number of hydrogen-bond acceptors (Lipinski definition) is 6. The molecule has 2 aliphatic carbocycles. The summed E-state index contributed by atoms with van der Waals surface area (Å²) in [4.78, 5) is 40.8. The average molecular weight is 417 g/mol. The van der Waals surface area contributed by atoms with Crippen LogP contribution in [0.4, 0.5) is 10.2 Å². The zero-order chi connectivity index (χ0) is 21.3. The molecule has 2 heterocycles. The van der Waals surface area contributed by atoms with E-state index >= 15 is 0 Å². The van der Waals surface area contributed by atoms with Crippen LogP contribution in [0.2, 0.25) is 0 Å². The van der Waals surface area contributed by atoms with Crippen molar-refractivity contribution in [1.29, 1.82) is 0 Å². The minimum atomic E-state index is -0.942. The minimum absolute atomic E-state index is 0.0477. The van der Waals surface area contributed by atoms with Gasteiger partial charge in [-0.2, -0.15) is 9.49 Å². The van der Waals surface area contributed by atoms with Gasteiger partial charge in [-0.3, -0.25) is 19.6 Å². The fraction of sp³-hybridized carbons (Fsp3) is 0.550. The number of hydrogen-bond donors (Lipinski definition) is 2. The number of rotatable bonds is 7. The quantitative estimate of drug-likeness (QED) is 0.304. The first-order valence-corrected chi connectivity index (χ1v) is 10.1. The van der Waals surface area contributed by atoms with Crippen LogP contribution in [0.5, 0.6) is 0 Å². The van der Waals surface area contributed by atoms with Gasteiger partial charge in [0, 0.05) is 12.6 Å². The second kappa shape index (κ2) is 8.10. The molecule has 30 heavy (non-hydrogen) atoms. The number of carbonyl (C=O) groups is 3. The molecule has 2 N–H and O–H groups in total. The normalized spacial score (nSPS) is 27.9. The molecule has 3 atom stereocenters. The van der Waals surface area contributed by atoms with Gasteiger partial charge in [-0.25, -0.2) is 15.1 Å². The number of carbonyl (C=O) groups excluding carboxylic acids is 3. The van der Waals surface area contributed by atoms with Crippen LogP contribution in [0.1, 0.15) is 38.5 Å². The number of halogens is 1. The van der Waals surface area contributed by atoms with Crippen LogP contribution in [0.25, 0.3) is 0 Å². The minimum Gasteiger partial charge on any atom is -0.309 e. The molecule has 0 bridgehead atoms. The number of nitrogens with zero attached hydrogens (tertiary/aromatic N) is 4. The van der Waals surface area contributed by atoms with E-state index in [1.807, 2.05) is 0 Å². The summed E-state index contributed by atoms with van der Waals surface area (Å²) in [6, 6.07) is 3.15. The van der Waals surface area contributed by atoms with E-state index in [4.69, 9.17) is 0 Å². The second-order valence-corrected chi connectivity index (χ2v) is 8.25. The number of hydrazone groups is 1. The van der Waals surface area contributed by atoms with Gasteiger partial charge in [0.1, 0.15) is 11.9 Å². The number of aromatic nitrogens is 1. The highest BCUT2D eigenvalue weighted by molar-refractivity contribution is 6.00. The Labute approximate surface area is 172 Å². The third kappa shape index (κ3) is 3.79. The zero-order valence-corrected chi connectivity index (χ0v) is 16.4. The van der Waals surface area contributed by atoms with Crippen LogP contribution < -0.4 is 5.32 Å². The molecule has 3 amide bonds. The van der Waals surface area contributed by atoms with Gasteiger partial charge in [0.2, 0.25) is 12.4 Å². The van der Waals surface area contributed by atoms with Gasteiger partial charge in [-0.15, -0.1) is 0 Å². The van der Waals surface area contributed by atoms with Crippen LogP contribution in [0.3, 0.4) is 0 Å². The molecule has 1 aromatic heterocycles. The lowest BCUT2D eigenvalue weighted by Gasteiger charge is -2.28. The monoisotopic (exact) mass is 417 g/mol. The maximum atomic E-state index is 13.5. The molecule has 4 rings (SSSR count). The summed E-state index contributed by atoms with van der Waals surface area (Å²) in [5.74, 6) is -1.16. The van der Waals surface area contributed by atoms with Crippen LogP contribution in [-0.2, 0) is 14.4 Å².